The summed E-state index contributed by atoms with van der Waals surface area (Å²) in [5, 5.41) is 19.8. The Labute approximate surface area is 224 Å². The van der Waals surface area contributed by atoms with Crippen molar-refractivity contribution in [3.8, 4) is 0 Å². The number of rotatable bonds is 12. The smallest absolute Gasteiger partial charge is 0.320 e. The fourth-order valence-electron chi connectivity index (χ4n) is 3.30. The van der Waals surface area contributed by atoms with Crippen LogP contribution in [-0.4, -0.2) is 60.9 Å². The van der Waals surface area contributed by atoms with E-state index in [9.17, 15) is 22.8 Å². The number of Topliss-reactive ketones (excluding diaryl/α,β-unsaturated/α-hetero) is 1. The van der Waals surface area contributed by atoms with Crippen LogP contribution in [0.3, 0.4) is 0 Å². The first kappa shape index (κ1) is 30.0. The Bertz CT molecular complexity index is 1300. The highest BCUT2D eigenvalue weighted by Crippen LogP contribution is 2.34. The number of amides is 1. The highest BCUT2D eigenvalue weighted by molar-refractivity contribution is 7.90. The number of hydrogen-bond acceptors (Lipinski definition) is 8. The summed E-state index contributed by atoms with van der Waals surface area (Å²) in [6.07, 6.45) is 0.667. The second kappa shape index (κ2) is 12.9. The van der Waals surface area contributed by atoms with Gasteiger partial charge in [0.15, 0.2) is 21.6 Å². The number of halogens is 2. The number of ketones is 1. The van der Waals surface area contributed by atoms with Crippen LogP contribution in [0.15, 0.2) is 41.3 Å². The molecule has 14 heteroatoms. The molecule has 1 atom stereocenters. The summed E-state index contributed by atoms with van der Waals surface area (Å²) < 4.78 is 23.3. The van der Waals surface area contributed by atoms with Crippen molar-refractivity contribution in [2.24, 2.45) is 11.5 Å². The normalized spacial score (nSPS) is 12.0. The average Bonchev–Trinajstić information content (AvgIpc) is 2.81. The number of carbonyl (C=O) groups is 3. The van der Waals surface area contributed by atoms with E-state index < -0.39 is 45.9 Å². The average molecular weight is 572 g/mol. The molecular formula is C23H27Cl2N5O6S. The van der Waals surface area contributed by atoms with E-state index in [0.29, 0.717) is 5.56 Å². The van der Waals surface area contributed by atoms with Gasteiger partial charge in [0.1, 0.15) is 6.04 Å². The van der Waals surface area contributed by atoms with E-state index in [-0.39, 0.29) is 52.1 Å². The molecule has 0 aromatic heterocycles. The van der Waals surface area contributed by atoms with Crippen molar-refractivity contribution in [2.45, 2.75) is 36.7 Å². The number of anilines is 1. The molecule has 2 aromatic carbocycles. The predicted molar refractivity (Wildman–Crippen MR) is 141 cm³/mol. The molecular weight excluding hydrogens is 545 g/mol. The van der Waals surface area contributed by atoms with Crippen molar-refractivity contribution in [1.82, 2.24) is 4.90 Å². The number of carboxylic acids is 1. The third-order valence-corrected chi connectivity index (χ3v) is 7.27. The van der Waals surface area contributed by atoms with Crippen molar-refractivity contribution in [2.75, 3.05) is 18.1 Å². The van der Waals surface area contributed by atoms with Crippen LogP contribution >= 0.6 is 23.2 Å². The van der Waals surface area contributed by atoms with Crippen molar-refractivity contribution in [1.29, 1.82) is 5.41 Å². The van der Waals surface area contributed by atoms with Crippen LogP contribution in [0.2, 0.25) is 10.0 Å². The van der Waals surface area contributed by atoms with Crippen LogP contribution in [0.25, 0.3) is 0 Å². The van der Waals surface area contributed by atoms with E-state index in [1.807, 2.05) is 0 Å². The lowest BCUT2D eigenvalue weighted by Gasteiger charge is -2.21. The van der Waals surface area contributed by atoms with Gasteiger partial charge in [0.05, 0.1) is 27.0 Å². The van der Waals surface area contributed by atoms with Crippen LogP contribution in [0.1, 0.15) is 35.2 Å². The van der Waals surface area contributed by atoms with Gasteiger partial charge in [0.25, 0.3) is 0 Å². The maximum atomic E-state index is 13.0. The fraction of sp³-hybridized carbons (Fsp3) is 0.304. The molecule has 0 saturated carbocycles. The number of guanidine groups is 1. The number of hydrogen-bond donors (Lipinski definition) is 5. The zero-order valence-electron chi connectivity index (χ0n) is 19.8. The van der Waals surface area contributed by atoms with E-state index in [4.69, 9.17) is 45.2 Å². The van der Waals surface area contributed by atoms with Crippen molar-refractivity contribution >= 4 is 62.3 Å². The minimum Gasteiger partial charge on any atom is -0.480 e. The molecule has 0 radical (unpaired) electrons. The summed E-state index contributed by atoms with van der Waals surface area (Å²) in [5.41, 5.74) is 11.9. The molecule has 0 aliphatic carbocycles. The van der Waals surface area contributed by atoms with Crippen molar-refractivity contribution < 1.29 is 27.9 Å². The minimum atomic E-state index is -3.35. The second-order valence-electron chi connectivity index (χ2n) is 8.17. The third kappa shape index (κ3) is 8.42. The van der Waals surface area contributed by atoms with E-state index in [0.717, 1.165) is 11.2 Å². The molecule has 7 N–H and O–H groups in total. The topological polar surface area (TPSA) is 197 Å². The molecule has 2 aromatic rings. The molecule has 200 valence electrons. The number of benzene rings is 2. The zero-order valence-corrected chi connectivity index (χ0v) is 22.2. The van der Waals surface area contributed by atoms with Gasteiger partial charge < -0.3 is 21.9 Å². The van der Waals surface area contributed by atoms with Gasteiger partial charge in [0, 0.05) is 24.9 Å². The molecule has 0 bridgehead atoms. The molecule has 0 aliphatic rings. The Morgan fingerprint density at radius 2 is 1.76 bits per heavy atom. The lowest BCUT2D eigenvalue weighted by molar-refractivity contribution is -0.138. The molecule has 1 amide bonds. The number of nitrogens with two attached hydrogens (primary N) is 2. The Morgan fingerprint density at radius 1 is 1.14 bits per heavy atom. The molecule has 11 nitrogen and oxygen atoms in total. The molecule has 0 heterocycles. The number of nitrogens with one attached hydrogen (secondary N) is 2. The zero-order chi connectivity index (χ0) is 27.9. The van der Waals surface area contributed by atoms with Gasteiger partial charge in [-0.15, -0.1) is 0 Å². The first-order chi connectivity index (χ1) is 17.2. The standard InChI is InChI=1S/C23H27Cl2N5O6S/c1-37(35,36)14-6-4-13(5-7-14)12-29-21-15(8-9-16(24)20(21)25)18(31)11-19(32)30(23(27)28)10-2-3-17(26)22(33)34/h4-9,17,29H,2-3,10-12,26H2,1H3,(H3,27,28)(H,33,34). The van der Waals surface area contributed by atoms with Gasteiger partial charge in [-0.25, -0.2) is 8.42 Å². The molecule has 0 saturated heterocycles. The number of aliphatic carboxylic acids is 1. The summed E-state index contributed by atoms with van der Waals surface area (Å²) in [6.45, 7) is 0.0834. The van der Waals surface area contributed by atoms with E-state index in [2.05, 4.69) is 5.32 Å². The quantitative estimate of drug-likeness (QED) is 0.110. The van der Waals surface area contributed by atoms with Gasteiger partial charge in [-0.05, 0) is 42.7 Å². The van der Waals surface area contributed by atoms with Crippen molar-refractivity contribution in [3.63, 3.8) is 0 Å². The second-order valence-corrected chi connectivity index (χ2v) is 11.0. The van der Waals surface area contributed by atoms with Gasteiger partial charge >= 0.3 is 5.97 Å². The maximum Gasteiger partial charge on any atom is 0.320 e. The monoisotopic (exact) mass is 571 g/mol. The molecule has 0 aliphatic heterocycles. The lowest BCUT2D eigenvalue weighted by Crippen LogP contribution is -2.43. The summed E-state index contributed by atoms with van der Waals surface area (Å²) in [5.74, 6) is -3.16. The minimum absolute atomic E-state index is 0.0480. The Morgan fingerprint density at radius 3 is 2.30 bits per heavy atom. The lowest BCUT2D eigenvalue weighted by atomic mass is 10.0. The maximum absolute atomic E-state index is 13.0. The van der Waals surface area contributed by atoms with Crippen molar-refractivity contribution in [3.05, 3.63) is 57.6 Å². The molecule has 0 spiro atoms. The van der Waals surface area contributed by atoms with E-state index in [1.165, 1.54) is 24.3 Å². The highest BCUT2D eigenvalue weighted by Gasteiger charge is 2.24. The van der Waals surface area contributed by atoms with E-state index in [1.54, 1.807) is 12.1 Å². The number of sulfone groups is 1. The highest BCUT2D eigenvalue weighted by atomic mass is 35.5. The summed E-state index contributed by atoms with van der Waals surface area (Å²) in [7, 11) is -3.35. The number of nitrogens with zero attached hydrogens (tertiary/aromatic N) is 1. The Balaban J connectivity index is 2.17. The summed E-state index contributed by atoms with van der Waals surface area (Å²) >= 11 is 12.5. The summed E-state index contributed by atoms with van der Waals surface area (Å²) in [6, 6.07) is 7.80. The van der Waals surface area contributed by atoms with E-state index >= 15 is 0 Å². The van der Waals surface area contributed by atoms with Gasteiger partial charge in [-0.2, -0.15) is 0 Å². The largest absolute Gasteiger partial charge is 0.480 e. The van der Waals surface area contributed by atoms with Crippen LogP contribution in [-0.2, 0) is 26.0 Å². The predicted octanol–water partition coefficient (Wildman–Crippen LogP) is 2.50. The Hall–Kier alpha value is -3.19. The molecule has 37 heavy (non-hydrogen) atoms. The third-order valence-electron chi connectivity index (χ3n) is 5.33. The van der Waals surface area contributed by atoms with Gasteiger partial charge in [-0.1, -0.05) is 35.3 Å². The molecule has 2 rings (SSSR count). The fourth-order valence-corrected chi connectivity index (χ4v) is 4.32. The SMILES string of the molecule is CS(=O)(=O)c1ccc(CNc2c(C(=O)CC(=O)N(CCCC(N)C(=O)O)C(=N)N)ccc(Cl)c2Cl)cc1. The van der Waals surface area contributed by atoms with Crippen LogP contribution in [0, 0.1) is 5.41 Å². The number of carbonyl (C=O) groups excluding carboxylic acids is 2. The van der Waals surface area contributed by atoms with Crippen LogP contribution < -0.4 is 16.8 Å². The molecule has 1 unspecified atom stereocenters. The van der Waals surface area contributed by atoms with Gasteiger partial charge in [0.2, 0.25) is 5.91 Å². The van der Waals surface area contributed by atoms with Crippen LogP contribution in [0.4, 0.5) is 5.69 Å². The first-order valence-electron chi connectivity index (χ1n) is 10.9. The Kier molecular flexibility index (Phi) is 10.4. The summed E-state index contributed by atoms with van der Waals surface area (Å²) in [4.78, 5) is 37.7. The first-order valence-corrected chi connectivity index (χ1v) is 13.5. The van der Waals surface area contributed by atoms with Crippen LogP contribution in [0.5, 0.6) is 0 Å². The van der Waals surface area contributed by atoms with Gasteiger partial charge in [-0.3, -0.25) is 24.7 Å². The molecule has 0 fully saturated rings. The number of carboxylic acid groups (broad SMARTS) is 1.